The first-order chi connectivity index (χ1) is 9.06. The molecule has 2 atom stereocenters. The number of nitrogens with one attached hydrogen (secondary N) is 1. The molecule has 1 N–H and O–H groups in total. The Balaban J connectivity index is 1.87. The summed E-state index contributed by atoms with van der Waals surface area (Å²) in [6.07, 6.45) is 7.44. The molecule has 0 heterocycles. The molecule has 2 saturated carbocycles. The molecular weight excluding hydrogens is 234 g/mol. The maximum atomic E-state index is 9.49. The molecule has 0 aliphatic heterocycles. The largest absolute Gasteiger partial charge is 0.300 e. The quantitative estimate of drug-likeness (QED) is 0.695. The Morgan fingerprint density at radius 1 is 1.37 bits per heavy atom. The van der Waals surface area contributed by atoms with Gasteiger partial charge in [0.2, 0.25) is 0 Å². The van der Waals surface area contributed by atoms with Gasteiger partial charge in [0.15, 0.2) is 0 Å². The molecule has 0 spiro atoms. The highest BCUT2D eigenvalue weighted by Gasteiger charge is 2.35. The van der Waals surface area contributed by atoms with E-state index in [0.29, 0.717) is 12.1 Å². The van der Waals surface area contributed by atoms with E-state index in [-0.39, 0.29) is 5.54 Å². The van der Waals surface area contributed by atoms with Gasteiger partial charge in [-0.05, 0) is 64.8 Å². The minimum Gasteiger partial charge on any atom is -0.300 e. The van der Waals surface area contributed by atoms with Gasteiger partial charge in [-0.3, -0.25) is 5.32 Å². The van der Waals surface area contributed by atoms with Crippen molar-refractivity contribution in [2.45, 2.75) is 76.9 Å². The third kappa shape index (κ3) is 4.78. The van der Waals surface area contributed by atoms with Crippen molar-refractivity contribution in [3.63, 3.8) is 0 Å². The van der Waals surface area contributed by atoms with Crippen molar-refractivity contribution in [3.05, 3.63) is 0 Å². The lowest BCUT2D eigenvalue weighted by Gasteiger charge is -2.34. The van der Waals surface area contributed by atoms with Crippen LogP contribution in [0.4, 0.5) is 0 Å². The molecule has 0 amide bonds. The summed E-state index contributed by atoms with van der Waals surface area (Å²) in [7, 11) is 0. The van der Waals surface area contributed by atoms with Gasteiger partial charge in [-0.1, -0.05) is 6.92 Å². The van der Waals surface area contributed by atoms with Crippen molar-refractivity contribution in [3.8, 4) is 6.07 Å². The Labute approximate surface area is 118 Å². The Morgan fingerprint density at radius 3 is 2.53 bits per heavy atom. The monoisotopic (exact) mass is 263 g/mol. The molecule has 0 aromatic rings. The zero-order valence-corrected chi connectivity index (χ0v) is 12.8. The highest BCUT2D eigenvalue weighted by Crippen LogP contribution is 2.31. The molecule has 19 heavy (non-hydrogen) atoms. The molecule has 0 aromatic heterocycles. The van der Waals surface area contributed by atoms with Gasteiger partial charge in [-0.2, -0.15) is 5.26 Å². The third-order valence-corrected chi connectivity index (χ3v) is 4.37. The highest BCUT2D eigenvalue weighted by atomic mass is 15.2. The summed E-state index contributed by atoms with van der Waals surface area (Å²) in [6, 6.07) is 3.60. The first-order valence-electron chi connectivity index (χ1n) is 7.99. The summed E-state index contributed by atoms with van der Waals surface area (Å²) in [6.45, 7) is 9.02. The van der Waals surface area contributed by atoms with Crippen LogP contribution in [0, 0.1) is 17.2 Å². The maximum absolute atomic E-state index is 9.49. The zero-order valence-electron chi connectivity index (χ0n) is 12.8. The van der Waals surface area contributed by atoms with Gasteiger partial charge in [0, 0.05) is 18.6 Å². The number of hydrogen-bond donors (Lipinski definition) is 1. The van der Waals surface area contributed by atoms with Crippen molar-refractivity contribution in [2.75, 3.05) is 13.1 Å². The van der Waals surface area contributed by atoms with Gasteiger partial charge in [-0.15, -0.1) is 0 Å². The molecule has 2 aliphatic carbocycles. The van der Waals surface area contributed by atoms with Crippen LogP contribution in [0.25, 0.3) is 0 Å². The zero-order chi connectivity index (χ0) is 13.9. The second-order valence-electron chi connectivity index (χ2n) is 6.85. The molecule has 2 rings (SSSR count). The predicted octanol–water partition coefficient (Wildman–Crippen LogP) is 2.92. The van der Waals surface area contributed by atoms with E-state index in [9.17, 15) is 5.26 Å². The molecule has 3 heteroatoms. The Bertz CT molecular complexity index is 327. The lowest BCUT2D eigenvalue weighted by molar-refractivity contribution is 0.169. The van der Waals surface area contributed by atoms with Gasteiger partial charge in [-0.25, -0.2) is 0 Å². The molecule has 3 nitrogen and oxygen atoms in total. The van der Waals surface area contributed by atoms with E-state index < -0.39 is 0 Å². The molecule has 2 fully saturated rings. The fourth-order valence-corrected chi connectivity index (χ4v) is 2.95. The predicted molar refractivity (Wildman–Crippen MR) is 78.8 cm³/mol. The van der Waals surface area contributed by atoms with E-state index in [2.05, 4.69) is 37.1 Å². The Morgan fingerprint density at radius 2 is 2.05 bits per heavy atom. The summed E-state index contributed by atoms with van der Waals surface area (Å²) in [5.41, 5.74) is -0.351. The van der Waals surface area contributed by atoms with E-state index in [0.717, 1.165) is 12.3 Å². The molecule has 0 radical (unpaired) electrons. The van der Waals surface area contributed by atoms with Crippen molar-refractivity contribution in [1.29, 1.82) is 5.26 Å². The first kappa shape index (κ1) is 14.8. The smallest absolute Gasteiger partial charge is 0.105 e. The van der Waals surface area contributed by atoms with Crippen molar-refractivity contribution < 1.29 is 0 Å². The molecule has 2 aliphatic rings. The lowest BCUT2D eigenvalue weighted by atomic mass is 9.94. The number of nitrogens with zero attached hydrogens (tertiary/aromatic N) is 2. The van der Waals surface area contributed by atoms with Crippen LogP contribution in [0.3, 0.4) is 0 Å². The Hall–Kier alpha value is -0.590. The summed E-state index contributed by atoms with van der Waals surface area (Å²) in [4.78, 5) is 2.60. The van der Waals surface area contributed by atoms with E-state index in [1.807, 2.05) is 0 Å². The lowest BCUT2D eigenvalue weighted by Crippen LogP contribution is -2.48. The fraction of sp³-hybridized carbons (Fsp3) is 0.938. The van der Waals surface area contributed by atoms with E-state index >= 15 is 0 Å². The molecule has 2 unspecified atom stereocenters. The van der Waals surface area contributed by atoms with Crippen LogP contribution in [0.15, 0.2) is 0 Å². The summed E-state index contributed by atoms with van der Waals surface area (Å²) < 4.78 is 0. The van der Waals surface area contributed by atoms with E-state index in [1.165, 1.54) is 45.2 Å². The van der Waals surface area contributed by atoms with Gasteiger partial charge < -0.3 is 4.90 Å². The number of nitriles is 1. The second-order valence-corrected chi connectivity index (χ2v) is 6.85. The molecular formula is C16H29N3. The topological polar surface area (TPSA) is 39.1 Å². The average Bonchev–Trinajstić information content (AvgIpc) is 3.24. The fourth-order valence-electron chi connectivity index (χ4n) is 2.95. The van der Waals surface area contributed by atoms with Crippen molar-refractivity contribution in [1.82, 2.24) is 10.2 Å². The first-order valence-corrected chi connectivity index (χ1v) is 7.99. The summed E-state index contributed by atoms with van der Waals surface area (Å²) >= 11 is 0. The van der Waals surface area contributed by atoms with Gasteiger partial charge in [0.05, 0.1) is 6.07 Å². The molecule has 0 aromatic carbocycles. The van der Waals surface area contributed by atoms with Crippen LogP contribution < -0.4 is 5.32 Å². The second kappa shape index (κ2) is 6.24. The average molecular weight is 263 g/mol. The van der Waals surface area contributed by atoms with Crippen molar-refractivity contribution in [2.24, 2.45) is 5.92 Å². The van der Waals surface area contributed by atoms with Crippen LogP contribution in [-0.2, 0) is 0 Å². The van der Waals surface area contributed by atoms with Crippen LogP contribution >= 0.6 is 0 Å². The van der Waals surface area contributed by atoms with Crippen molar-refractivity contribution >= 4 is 0 Å². The maximum Gasteiger partial charge on any atom is 0.105 e. The number of hydrogen-bond acceptors (Lipinski definition) is 3. The van der Waals surface area contributed by atoms with Crippen LogP contribution in [0.5, 0.6) is 0 Å². The van der Waals surface area contributed by atoms with Gasteiger partial charge in [0.25, 0.3) is 0 Å². The molecule has 108 valence electrons. The van der Waals surface area contributed by atoms with Gasteiger partial charge in [0.1, 0.15) is 5.54 Å². The minimum absolute atomic E-state index is 0.351. The van der Waals surface area contributed by atoms with Gasteiger partial charge >= 0.3 is 0 Å². The molecule has 0 saturated heterocycles. The SMILES string of the molecule is CCCN(CC1CC1)C(C)CC(C)(C#N)NC1CC1. The molecule has 0 bridgehead atoms. The summed E-state index contributed by atoms with van der Waals surface area (Å²) in [5.74, 6) is 0.929. The standard InChI is InChI=1S/C16H29N3/c1-4-9-19(11-14-5-6-14)13(2)10-16(3,12-17)18-15-7-8-15/h13-15,18H,4-11H2,1-3H3. The van der Waals surface area contributed by atoms with E-state index in [4.69, 9.17) is 0 Å². The minimum atomic E-state index is -0.351. The Kier molecular flexibility index (Phi) is 4.86. The van der Waals surface area contributed by atoms with E-state index in [1.54, 1.807) is 0 Å². The van der Waals surface area contributed by atoms with Crippen LogP contribution in [0.2, 0.25) is 0 Å². The highest BCUT2D eigenvalue weighted by molar-refractivity contribution is 5.08. The third-order valence-electron chi connectivity index (χ3n) is 4.37. The number of rotatable bonds is 9. The van der Waals surface area contributed by atoms with Crippen LogP contribution in [0.1, 0.15) is 59.3 Å². The van der Waals surface area contributed by atoms with Crippen LogP contribution in [-0.4, -0.2) is 35.6 Å². The normalized spacial score (nSPS) is 23.9. The summed E-state index contributed by atoms with van der Waals surface area (Å²) in [5, 5.41) is 13.0.